The quantitative estimate of drug-likeness (QED) is 0.903. The van der Waals surface area contributed by atoms with Crippen molar-refractivity contribution in [3.63, 3.8) is 0 Å². The van der Waals surface area contributed by atoms with E-state index in [-0.39, 0.29) is 18.0 Å². The number of aryl methyl sites for hydroxylation is 1. The smallest absolute Gasteiger partial charge is 0.269 e. The zero-order valence-electron chi connectivity index (χ0n) is 10.2. The van der Waals surface area contributed by atoms with Gasteiger partial charge in [-0.1, -0.05) is 6.07 Å². The molecule has 0 bridgehead atoms. The Morgan fingerprint density at radius 1 is 1.58 bits per heavy atom. The maximum absolute atomic E-state index is 13.6. The van der Waals surface area contributed by atoms with Gasteiger partial charge in [0.25, 0.3) is 5.91 Å². The third-order valence-corrected chi connectivity index (χ3v) is 2.67. The molecule has 1 heterocycles. The molecule has 0 aliphatic rings. The van der Waals surface area contributed by atoms with E-state index in [1.807, 2.05) is 6.07 Å². The first kappa shape index (κ1) is 12.8. The molecule has 1 aromatic heterocycles. The van der Waals surface area contributed by atoms with Gasteiger partial charge in [-0.15, -0.1) is 0 Å². The van der Waals surface area contributed by atoms with Crippen LogP contribution in [0.25, 0.3) is 0 Å². The number of nitrogens with one attached hydrogen (secondary N) is 1. The second kappa shape index (κ2) is 5.31. The lowest BCUT2D eigenvalue weighted by Crippen LogP contribution is -2.25. The van der Waals surface area contributed by atoms with E-state index in [9.17, 15) is 9.18 Å². The van der Waals surface area contributed by atoms with Crippen molar-refractivity contribution < 1.29 is 9.18 Å². The number of rotatable bonds is 3. The Balaban J connectivity index is 2.06. The largest absolute Gasteiger partial charge is 0.347 e. The van der Waals surface area contributed by atoms with Crippen LogP contribution in [0.1, 0.15) is 21.6 Å². The Kier molecular flexibility index (Phi) is 3.57. The minimum absolute atomic E-state index is 0.0571. The van der Waals surface area contributed by atoms with Gasteiger partial charge in [-0.25, -0.2) is 9.37 Å². The lowest BCUT2D eigenvalue weighted by Gasteiger charge is -2.06. The zero-order chi connectivity index (χ0) is 13.8. The number of amides is 1. The summed E-state index contributed by atoms with van der Waals surface area (Å²) in [4.78, 5) is 15.6. The molecule has 5 nitrogen and oxygen atoms in total. The summed E-state index contributed by atoms with van der Waals surface area (Å²) in [5, 5.41) is 11.2. The highest BCUT2D eigenvalue weighted by Crippen LogP contribution is 2.10. The molecule has 0 atom stereocenters. The van der Waals surface area contributed by atoms with Crippen LogP contribution in [0.3, 0.4) is 0 Å². The average molecular weight is 258 g/mol. The predicted molar refractivity (Wildman–Crippen MR) is 65.5 cm³/mol. The molecule has 1 aromatic carbocycles. The summed E-state index contributed by atoms with van der Waals surface area (Å²) in [6.07, 6.45) is 2.95. The maximum Gasteiger partial charge on any atom is 0.269 e. The summed E-state index contributed by atoms with van der Waals surface area (Å²) in [5.74, 6) is -0.840. The van der Waals surface area contributed by atoms with E-state index < -0.39 is 5.82 Å². The van der Waals surface area contributed by atoms with Crippen molar-refractivity contribution >= 4 is 5.91 Å². The number of hydrogen-bond acceptors (Lipinski definition) is 3. The highest BCUT2D eigenvalue weighted by molar-refractivity contribution is 5.92. The molecule has 0 aliphatic carbocycles. The molecule has 2 aromatic rings. The molecule has 0 unspecified atom stereocenters. The number of carbonyl (C=O) groups is 1. The molecule has 19 heavy (non-hydrogen) atoms. The predicted octanol–water partition coefficient (Wildman–Crippen LogP) is 1.36. The summed E-state index contributed by atoms with van der Waals surface area (Å²) < 4.78 is 15.2. The Hall–Kier alpha value is -2.68. The number of halogens is 1. The molecular formula is C13H11FN4O. The van der Waals surface area contributed by atoms with Crippen LogP contribution in [0.15, 0.2) is 30.7 Å². The Morgan fingerprint density at radius 2 is 2.37 bits per heavy atom. The summed E-state index contributed by atoms with van der Waals surface area (Å²) >= 11 is 0. The van der Waals surface area contributed by atoms with E-state index in [1.54, 1.807) is 11.6 Å². The SMILES string of the molecule is Cn1cncc1C(=O)NCc1ccc(C#N)cc1F. The van der Waals surface area contributed by atoms with E-state index in [2.05, 4.69) is 10.3 Å². The first-order chi connectivity index (χ1) is 9.11. The third-order valence-electron chi connectivity index (χ3n) is 2.67. The molecule has 2 rings (SSSR count). The molecule has 96 valence electrons. The van der Waals surface area contributed by atoms with Gasteiger partial charge >= 0.3 is 0 Å². The number of nitrogens with zero attached hydrogens (tertiary/aromatic N) is 3. The highest BCUT2D eigenvalue weighted by atomic mass is 19.1. The van der Waals surface area contributed by atoms with Gasteiger partial charge in [0.05, 0.1) is 24.2 Å². The van der Waals surface area contributed by atoms with E-state index >= 15 is 0 Å². The van der Waals surface area contributed by atoms with Crippen molar-refractivity contribution in [2.24, 2.45) is 7.05 Å². The molecule has 0 spiro atoms. The van der Waals surface area contributed by atoms with Crippen LogP contribution < -0.4 is 5.32 Å². The Bertz CT molecular complexity index is 657. The fourth-order valence-electron chi connectivity index (χ4n) is 1.60. The van der Waals surface area contributed by atoms with Crippen molar-refractivity contribution in [1.29, 1.82) is 5.26 Å². The van der Waals surface area contributed by atoms with Gasteiger partial charge in [0.15, 0.2) is 0 Å². The summed E-state index contributed by atoms with van der Waals surface area (Å²) in [7, 11) is 1.70. The minimum Gasteiger partial charge on any atom is -0.347 e. The number of benzene rings is 1. The van der Waals surface area contributed by atoms with E-state index in [4.69, 9.17) is 5.26 Å². The molecule has 0 fully saturated rings. The fourth-order valence-corrected chi connectivity index (χ4v) is 1.60. The molecular weight excluding hydrogens is 247 g/mol. The van der Waals surface area contributed by atoms with Gasteiger partial charge in [-0.05, 0) is 12.1 Å². The molecule has 0 aliphatic heterocycles. The molecule has 6 heteroatoms. The zero-order valence-corrected chi connectivity index (χ0v) is 10.2. The van der Waals surface area contributed by atoms with Crippen LogP contribution >= 0.6 is 0 Å². The monoisotopic (exact) mass is 258 g/mol. The van der Waals surface area contributed by atoms with Gasteiger partial charge < -0.3 is 9.88 Å². The standard InChI is InChI=1S/C13H11FN4O/c1-18-8-16-7-12(18)13(19)17-6-10-3-2-9(5-15)4-11(10)14/h2-4,7-8H,6H2,1H3,(H,17,19). The molecule has 1 N–H and O–H groups in total. The molecule has 0 saturated heterocycles. The lowest BCUT2D eigenvalue weighted by molar-refractivity contribution is 0.0942. The fraction of sp³-hybridized carbons (Fsp3) is 0.154. The first-order valence-electron chi connectivity index (χ1n) is 5.55. The van der Waals surface area contributed by atoms with E-state index in [0.29, 0.717) is 11.3 Å². The lowest BCUT2D eigenvalue weighted by atomic mass is 10.1. The van der Waals surface area contributed by atoms with E-state index in [1.165, 1.54) is 24.7 Å². The summed E-state index contributed by atoms with van der Waals surface area (Å²) in [5.41, 5.74) is 0.975. The first-order valence-corrected chi connectivity index (χ1v) is 5.55. The van der Waals surface area contributed by atoms with Crippen molar-refractivity contribution in [3.8, 4) is 6.07 Å². The number of aromatic nitrogens is 2. The van der Waals surface area contributed by atoms with Crippen molar-refractivity contribution in [2.75, 3.05) is 0 Å². The van der Waals surface area contributed by atoms with Gasteiger partial charge in [0.1, 0.15) is 11.5 Å². The minimum atomic E-state index is -0.510. The Labute approximate surface area is 109 Å². The van der Waals surface area contributed by atoms with Crippen molar-refractivity contribution in [2.45, 2.75) is 6.54 Å². The van der Waals surface area contributed by atoms with Gasteiger partial charge in [-0.2, -0.15) is 5.26 Å². The van der Waals surface area contributed by atoms with Gasteiger partial charge in [-0.3, -0.25) is 4.79 Å². The second-order valence-corrected chi connectivity index (χ2v) is 3.99. The highest BCUT2D eigenvalue weighted by Gasteiger charge is 2.10. The average Bonchev–Trinajstić information content (AvgIpc) is 2.83. The van der Waals surface area contributed by atoms with Crippen LogP contribution in [-0.2, 0) is 13.6 Å². The van der Waals surface area contributed by atoms with Crippen LogP contribution in [0.2, 0.25) is 0 Å². The van der Waals surface area contributed by atoms with Crippen LogP contribution in [0.4, 0.5) is 4.39 Å². The molecule has 1 amide bonds. The van der Waals surface area contributed by atoms with Crippen LogP contribution in [0.5, 0.6) is 0 Å². The van der Waals surface area contributed by atoms with Crippen molar-refractivity contribution in [3.05, 3.63) is 53.4 Å². The Morgan fingerprint density at radius 3 is 2.95 bits per heavy atom. The van der Waals surface area contributed by atoms with Crippen molar-refractivity contribution in [1.82, 2.24) is 14.9 Å². The number of hydrogen-bond donors (Lipinski definition) is 1. The van der Waals surface area contributed by atoms with Gasteiger partial charge in [0.2, 0.25) is 0 Å². The second-order valence-electron chi connectivity index (χ2n) is 3.99. The third kappa shape index (κ3) is 2.77. The van der Waals surface area contributed by atoms with Crippen LogP contribution in [0, 0.1) is 17.1 Å². The number of carbonyl (C=O) groups excluding carboxylic acids is 1. The molecule has 0 radical (unpaired) electrons. The van der Waals surface area contributed by atoms with Gasteiger partial charge in [0, 0.05) is 19.2 Å². The van der Waals surface area contributed by atoms with E-state index in [0.717, 1.165) is 6.07 Å². The topological polar surface area (TPSA) is 70.7 Å². The molecule has 0 saturated carbocycles. The van der Waals surface area contributed by atoms with Crippen LogP contribution in [-0.4, -0.2) is 15.5 Å². The number of imidazole rings is 1. The summed E-state index contributed by atoms with van der Waals surface area (Å²) in [6.45, 7) is 0.0571. The summed E-state index contributed by atoms with van der Waals surface area (Å²) in [6, 6.07) is 5.99. The number of nitriles is 1. The normalized spacial score (nSPS) is 9.95. The maximum atomic E-state index is 13.6.